The van der Waals surface area contributed by atoms with Crippen molar-refractivity contribution in [1.82, 2.24) is 0 Å². The zero-order valence-corrected chi connectivity index (χ0v) is 9.91. The van der Waals surface area contributed by atoms with Crippen LogP contribution in [0.15, 0.2) is 60.2 Å². The van der Waals surface area contributed by atoms with Gasteiger partial charge in [0.05, 0.1) is 12.5 Å². The molecule has 0 saturated heterocycles. The Labute approximate surface area is 107 Å². The lowest BCUT2D eigenvalue weighted by Gasteiger charge is -1.90. The zero-order chi connectivity index (χ0) is 13.2. The van der Waals surface area contributed by atoms with E-state index in [0.717, 1.165) is 5.56 Å². The highest BCUT2D eigenvalue weighted by Gasteiger charge is 1.98. The molecule has 0 unspecified atom stereocenters. The zero-order valence-electron chi connectivity index (χ0n) is 9.91. The molecule has 0 spiro atoms. The SMILES string of the molecule is N#CC(=CC=CC=Cc1ccccc1)CC(N)=O. The van der Waals surface area contributed by atoms with Crippen molar-refractivity contribution in [3.63, 3.8) is 0 Å². The smallest absolute Gasteiger partial charge is 0.222 e. The largest absolute Gasteiger partial charge is 0.369 e. The minimum atomic E-state index is -0.504. The van der Waals surface area contributed by atoms with Crippen molar-refractivity contribution in [3.05, 3.63) is 65.8 Å². The summed E-state index contributed by atoms with van der Waals surface area (Å²) in [5, 5.41) is 8.73. The van der Waals surface area contributed by atoms with E-state index < -0.39 is 5.91 Å². The molecule has 1 rings (SSSR count). The Hall–Kier alpha value is -2.60. The van der Waals surface area contributed by atoms with Crippen LogP contribution in [0.1, 0.15) is 12.0 Å². The summed E-state index contributed by atoms with van der Waals surface area (Å²) >= 11 is 0. The molecule has 0 bridgehead atoms. The first-order valence-electron chi connectivity index (χ1n) is 5.49. The average Bonchev–Trinajstić information content (AvgIpc) is 2.37. The number of rotatable bonds is 5. The lowest BCUT2D eigenvalue weighted by Crippen LogP contribution is -2.10. The van der Waals surface area contributed by atoms with Gasteiger partial charge in [0.2, 0.25) is 5.91 Å². The van der Waals surface area contributed by atoms with Gasteiger partial charge in [0, 0.05) is 5.57 Å². The van der Waals surface area contributed by atoms with Crippen LogP contribution < -0.4 is 5.73 Å². The Balaban J connectivity index is 2.55. The Bertz CT molecular complexity index is 519. The van der Waals surface area contributed by atoms with E-state index in [1.165, 1.54) is 0 Å². The van der Waals surface area contributed by atoms with Crippen molar-refractivity contribution in [2.24, 2.45) is 5.73 Å². The summed E-state index contributed by atoms with van der Waals surface area (Å²) in [5.41, 5.74) is 6.46. The van der Waals surface area contributed by atoms with Gasteiger partial charge in [-0.2, -0.15) is 5.26 Å². The van der Waals surface area contributed by atoms with Crippen LogP contribution in [0.4, 0.5) is 0 Å². The van der Waals surface area contributed by atoms with Crippen LogP contribution in [0, 0.1) is 11.3 Å². The highest BCUT2D eigenvalue weighted by molar-refractivity contribution is 5.77. The van der Waals surface area contributed by atoms with Crippen LogP contribution in [0.2, 0.25) is 0 Å². The summed E-state index contributed by atoms with van der Waals surface area (Å²) in [6, 6.07) is 11.8. The van der Waals surface area contributed by atoms with E-state index >= 15 is 0 Å². The first-order chi connectivity index (χ1) is 8.72. The van der Waals surface area contributed by atoms with E-state index in [0.29, 0.717) is 5.57 Å². The molecule has 0 atom stereocenters. The number of hydrogen-bond donors (Lipinski definition) is 1. The van der Waals surface area contributed by atoms with Gasteiger partial charge < -0.3 is 5.73 Å². The van der Waals surface area contributed by atoms with Gasteiger partial charge in [-0.05, 0) is 11.6 Å². The fraction of sp³-hybridized carbons (Fsp3) is 0.0667. The third-order valence-electron chi connectivity index (χ3n) is 2.12. The number of hydrogen-bond acceptors (Lipinski definition) is 2. The van der Waals surface area contributed by atoms with Gasteiger partial charge in [0.1, 0.15) is 0 Å². The molecule has 3 heteroatoms. The molecule has 18 heavy (non-hydrogen) atoms. The molecule has 0 heterocycles. The van der Waals surface area contributed by atoms with Crippen molar-refractivity contribution < 1.29 is 4.79 Å². The third kappa shape index (κ3) is 5.47. The summed E-state index contributed by atoms with van der Waals surface area (Å²) < 4.78 is 0. The molecule has 3 nitrogen and oxygen atoms in total. The van der Waals surface area contributed by atoms with Crippen molar-refractivity contribution in [2.45, 2.75) is 6.42 Å². The van der Waals surface area contributed by atoms with E-state index in [9.17, 15) is 4.79 Å². The monoisotopic (exact) mass is 238 g/mol. The number of nitrogens with two attached hydrogens (primary N) is 1. The van der Waals surface area contributed by atoms with Crippen molar-refractivity contribution >= 4 is 12.0 Å². The van der Waals surface area contributed by atoms with Crippen LogP contribution in [0.25, 0.3) is 6.08 Å². The molecule has 0 aliphatic rings. The maximum Gasteiger partial charge on any atom is 0.222 e. The van der Waals surface area contributed by atoms with E-state index in [1.807, 2.05) is 48.6 Å². The summed E-state index contributed by atoms with van der Waals surface area (Å²) in [6.07, 6.45) is 8.88. The van der Waals surface area contributed by atoms with Crippen LogP contribution in [0.5, 0.6) is 0 Å². The molecule has 0 fully saturated rings. The molecule has 90 valence electrons. The van der Waals surface area contributed by atoms with Crippen LogP contribution in [-0.4, -0.2) is 5.91 Å². The summed E-state index contributed by atoms with van der Waals surface area (Å²) in [5.74, 6) is -0.504. The van der Waals surface area contributed by atoms with Crippen LogP contribution >= 0.6 is 0 Å². The predicted octanol–water partition coefficient (Wildman–Crippen LogP) is 2.58. The Morgan fingerprint density at radius 3 is 2.56 bits per heavy atom. The summed E-state index contributed by atoms with van der Waals surface area (Å²) in [4.78, 5) is 10.6. The number of benzene rings is 1. The molecular formula is C15H14N2O. The molecule has 0 aliphatic heterocycles. The van der Waals surface area contributed by atoms with E-state index in [2.05, 4.69) is 0 Å². The second-order valence-electron chi connectivity index (χ2n) is 3.60. The maximum atomic E-state index is 10.6. The Morgan fingerprint density at radius 2 is 1.94 bits per heavy atom. The van der Waals surface area contributed by atoms with Crippen molar-refractivity contribution in [3.8, 4) is 6.07 Å². The predicted molar refractivity (Wildman–Crippen MR) is 72.1 cm³/mol. The molecule has 0 aliphatic carbocycles. The third-order valence-corrected chi connectivity index (χ3v) is 2.12. The number of nitrogens with zero attached hydrogens (tertiary/aromatic N) is 1. The first kappa shape index (κ1) is 13.5. The topological polar surface area (TPSA) is 66.9 Å². The van der Waals surface area contributed by atoms with Crippen LogP contribution in [0.3, 0.4) is 0 Å². The standard InChI is InChI=1S/C15H14N2O/c16-12-14(11-15(17)18)10-6-2-5-9-13-7-3-1-4-8-13/h1-10H,11H2,(H2,17,18). The number of carbonyl (C=O) groups is 1. The minimum absolute atomic E-state index is 0.0246. The highest BCUT2D eigenvalue weighted by Crippen LogP contribution is 2.02. The number of allylic oxidation sites excluding steroid dienone is 4. The Kier molecular flexibility index (Phi) is 5.71. The van der Waals surface area contributed by atoms with Crippen molar-refractivity contribution in [2.75, 3.05) is 0 Å². The molecule has 0 saturated carbocycles. The second-order valence-corrected chi connectivity index (χ2v) is 3.60. The molecule has 2 N–H and O–H groups in total. The minimum Gasteiger partial charge on any atom is -0.369 e. The van der Waals surface area contributed by atoms with Crippen molar-refractivity contribution in [1.29, 1.82) is 5.26 Å². The lowest BCUT2D eigenvalue weighted by molar-refractivity contribution is -0.117. The molecule has 0 aromatic heterocycles. The molecular weight excluding hydrogens is 224 g/mol. The van der Waals surface area contributed by atoms with Crippen LogP contribution in [-0.2, 0) is 4.79 Å². The second kappa shape index (κ2) is 7.64. The lowest BCUT2D eigenvalue weighted by atomic mass is 10.2. The van der Waals surface area contributed by atoms with Gasteiger partial charge in [-0.1, -0.05) is 54.6 Å². The molecule has 0 radical (unpaired) electrons. The van der Waals surface area contributed by atoms with Gasteiger partial charge in [-0.3, -0.25) is 4.79 Å². The van der Waals surface area contributed by atoms with E-state index in [-0.39, 0.29) is 6.42 Å². The maximum absolute atomic E-state index is 10.6. The molecule has 1 amide bonds. The summed E-state index contributed by atoms with van der Waals surface area (Å²) in [6.45, 7) is 0. The fourth-order valence-electron chi connectivity index (χ4n) is 1.29. The normalized spacial score (nSPS) is 11.8. The van der Waals surface area contributed by atoms with Gasteiger partial charge in [0.15, 0.2) is 0 Å². The van der Waals surface area contributed by atoms with Gasteiger partial charge in [-0.25, -0.2) is 0 Å². The number of carbonyl (C=O) groups excluding carboxylic acids is 1. The number of nitriles is 1. The van der Waals surface area contributed by atoms with E-state index in [1.54, 1.807) is 18.2 Å². The first-order valence-corrected chi connectivity index (χ1v) is 5.49. The van der Waals surface area contributed by atoms with Gasteiger partial charge in [-0.15, -0.1) is 0 Å². The number of primary amides is 1. The Morgan fingerprint density at radius 1 is 1.22 bits per heavy atom. The summed E-state index contributed by atoms with van der Waals surface area (Å²) in [7, 11) is 0. The number of amides is 1. The molecule has 1 aromatic carbocycles. The van der Waals surface area contributed by atoms with E-state index in [4.69, 9.17) is 11.0 Å². The van der Waals surface area contributed by atoms with Gasteiger partial charge in [0.25, 0.3) is 0 Å². The molecule has 1 aromatic rings. The highest BCUT2D eigenvalue weighted by atomic mass is 16.1. The van der Waals surface area contributed by atoms with Gasteiger partial charge >= 0.3 is 0 Å². The average molecular weight is 238 g/mol. The fourth-order valence-corrected chi connectivity index (χ4v) is 1.29. The quantitative estimate of drug-likeness (QED) is 0.632.